The zero-order valence-corrected chi connectivity index (χ0v) is 25.2. The molecule has 4 nitrogen and oxygen atoms in total. The van der Waals surface area contributed by atoms with Crippen molar-refractivity contribution in [3.63, 3.8) is 0 Å². The minimum atomic E-state index is 1.01. The highest BCUT2D eigenvalue weighted by Gasteiger charge is 2.22. The van der Waals surface area contributed by atoms with Crippen molar-refractivity contribution in [2.75, 3.05) is 65.4 Å². The molecule has 2 fully saturated rings. The lowest BCUT2D eigenvalue weighted by atomic mass is 10.1. The van der Waals surface area contributed by atoms with Gasteiger partial charge in [-0.2, -0.15) is 0 Å². The van der Waals surface area contributed by atoms with Crippen molar-refractivity contribution in [3.8, 4) is 0 Å². The van der Waals surface area contributed by atoms with Crippen LogP contribution in [0.15, 0.2) is 0 Å². The first-order chi connectivity index (χ1) is 16.6. The molecule has 0 aromatic rings. The van der Waals surface area contributed by atoms with Crippen molar-refractivity contribution in [1.82, 2.24) is 19.6 Å². The zero-order valence-electron chi connectivity index (χ0n) is 22.0. The van der Waals surface area contributed by atoms with Crippen LogP contribution in [0.25, 0.3) is 0 Å². The molecule has 0 radical (unpaired) electrons. The Morgan fingerprint density at radius 1 is 0.500 bits per heavy atom. The molecule has 0 bridgehead atoms. The van der Waals surface area contributed by atoms with Gasteiger partial charge >= 0.3 is 0 Å². The van der Waals surface area contributed by atoms with E-state index in [1.807, 2.05) is 0 Å². The highest BCUT2D eigenvalue weighted by atomic mass is 33.1. The molecule has 0 atom stereocenters. The van der Waals surface area contributed by atoms with Crippen LogP contribution in [-0.2, 0) is 0 Å². The van der Waals surface area contributed by atoms with E-state index in [2.05, 4.69) is 33.4 Å². The Bertz CT molecular complexity index is 499. The molecule has 0 aromatic heterocycles. The van der Waals surface area contributed by atoms with Crippen LogP contribution in [0.2, 0.25) is 0 Å². The van der Waals surface area contributed by atoms with E-state index in [0.29, 0.717) is 0 Å². The van der Waals surface area contributed by atoms with Crippen LogP contribution < -0.4 is 0 Å². The monoisotopic (exact) mass is 546 g/mol. The molecule has 2 heterocycles. The molecule has 0 amide bonds. The summed E-state index contributed by atoms with van der Waals surface area (Å²) in [6.07, 6.45) is 16.5. The van der Waals surface area contributed by atoms with Gasteiger partial charge in [0.2, 0.25) is 0 Å². The lowest BCUT2D eigenvalue weighted by Gasteiger charge is -2.37. The Balaban J connectivity index is 1.50. The first kappa shape index (κ1) is 30.6. The lowest BCUT2D eigenvalue weighted by Crippen LogP contribution is -2.48. The number of thiocarbonyl (C=S) groups is 2. The number of unbranched alkanes of at least 4 members (excludes halogenated alkanes) is 10. The van der Waals surface area contributed by atoms with E-state index in [1.165, 1.54) is 90.1 Å². The second kappa shape index (κ2) is 19.5. The second-order valence-electron chi connectivity index (χ2n) is 9.89. The SMILES string of the molecule is CCCCCCCCN1CCN(C(=S)SSC(=S)N2CCN(CCCCCCCC)CC2)CC1. The quantitative estimate of drug-likeness (QED) is 0.131. The molecule has 34 heavy (non-hydrogen) atoms. The van der Waals surface area contributed by atoms with Gasteiger partial charge in [0.25, 0.3) is 0 Å². The fourth-order valence-corrected chi connectivity index (χ4v) is 7.47. The molecule has 2 aliphatic rings. The molecule has 198 valence electrons. The van der Waals surface area contributed by atoms with E-state index < -0.39 is 0 Å². The number of rotatable bonds is 14. The largest absolute Gasteiger partial charge is 0.354 e. The molecule has 0 aliphatic carbocycles. The van der Waals surface area contributed by atoms with Gasteiger partial charge in [-0.05, 0) is 47.5 Å². The number of nitrogens with zero attached hydrogens (tertiary/aromatic N) is 4. The van der Waals surface area contributed by atoms with E-state index in [9.17, 15) is 0 Å². The van der Waals surface area contributed by atoms with Gasteiger partial charge in [0.05, 0.1) is 0 Å². The van der Waals surface area contributed by atoms with Crippen molar-refractivity contribution in [2.24, 2.45) is 0 Å². The summed E-state index contributed by atoms with van der Waals surface area (Å²) in [5, 5.41) is 0. The summed E-state index contributed by atoms with van der Waals surface area (Å²) < 4.78 is 2.02. The van der Waals surface area contributed by atoms with Gasteiger partial charge in [-0.15, -0.1) is 0 Å². The first-order valence-electron chi connectivity index (χ1n) is 14.0. The first-order valence-corrected chi connectivity index (χ1v) is 17.0. The summed E-state index contributed by atoms with van der Waals surface area (Å²) in [5.41, 5.74) is 0. The molecule has 2 saturated heterocycles. The van der Waals surface area contributed by atoms with Crippen LogP contribution in [0.5, 0.6) is 0 Å². The number of hydrogen-bond donors (Lipinski definition) is 0. The Hall–Kier alpha value is 0.400. The van der Waals surface area contributed by atoms with Gasteiger partial charge in [0, 0.05) is 52.4 Å². The van der Waals surface area contributed by atoms with Crippen molar-refractivity contribution in [1.29, 1.82) is 0 Å². The van der Waals surface area contributed by atoms with E-state index in [4.69, 9.17) is 24.4 Å². The highest BCUT2D eigenvalue weighted by molar-refractivity contribution is 8.89. The summed E-state index contributed by atoms with van der Waals surface area (Å²) in [6.45, 7) is 15.9. The van der Waals surface area contributed by atoms with Crippen LogP contribution in [0.3, 0.4) is 0 Å². The molecular formula is C26H50N4S4. The summed E-state index contributed by atoms with van der Waals surface area (Å²) in [6, 6.07) is 0. The van der Waals surface area contributed by atoms with Crippen molar-refractivity contribution >= 4 is 54.7 Å². The van der Waals surface area contributed by atoms with Crippen molar-refractivity contribution in [3.05, 3.63) is 0 Å². The Kier molecular flexibility index (Phi) is 17.6. The second-order valence-corrected chi connectivity index (χ2v) is 13.3. The average molecular weight is 547 g/mol. The van der Waals surface area contributed by atoms with Gasteiger partial charge in [-0.1, -0.05) is 102 Å². The molecule has 0 spiro atoms. The Morgan fingerprint density at radius 2 is 0.824 bits per heavy atom. The lowest BCUT2D eigenvalue weighted by molar-refractivity contribution is 0.182. The van der Waals surface area contributed by atoms with Gasteiger partial charge in [-0.25, -0.2) is 0 Å². The molecule has 8 heteroatoms. The maximum Gasteiger partial charge on any atom is 0.147 e. The summed E-state index contributed by atoms with van der Waals surface area (Å²) in [7, 11) is 3.40. The van der Waals surface area contributed by atoms with Crippen LogP contribution in [0, 0.1) is 0 Å². The average Bonchev–Trinajstić information content (AvgIpc) is 2.87. The van der Waals surface area contributed by atoms with Gasteiger partial charge in [0.15, 0.2) is 0 Å². The third kappa shape index (κ3) is 13.1. The zero-order chi connectivity index (χ0) is 24.4. The van der Waals surface area contributed by atoms with E-state index >= 15 is 0 Å². The minimum Gasteiger partial charge on any atom is -0.354 e. The van der Waals surface area contributed by atoms with Crippen LogP contribution in [0.4, 0.5) is 0 Å². The molecule has 0 N–H and O–H groups in total. The number of piperazine rings is 2. The van der Waals surface area contributed by atoms with Crippen LogP contribution >= 0.6 is 46.0 Å². The Morgan fingerprint density at radius 3 is 1.18 bits per heavy atom. The molecule has 2 aliphatic heterocycles. The van der Waals surface area contributed by atoms with E-state index in [0.717, 1.165) is 61.0 Å². The maximum absolute atomic E-state index is 5.75. The van der Waals surface area contributed by atoms with Crippen molar-refractivity contribution in [2.45, 2.75) is 90.9 Å². The predicted octanol–water partition coefficient (Wildman–Crippen LogP) is 6.89. The molecule has 0 aromatic carbocycles. The molecule has 0 saturated carbocycles. The molecular weight excluding hydrogens is 497 g/mol. The van der Waals surface area contributed by atoms with E-state index in [1.54, 1.807) is 21.6 Å². The third-order valence-electron chi connectivity index (χ3n) is 7.10. The normalized spacial score (nSPS) is 17.9. The Labute approximate surface area is 229 Å². The number of hydrogen-bond acceptors (Lipinski definition) is 6. The predicted molar refractivity (Wildman–Crippen MR) is 163 cm³/mol. The minimum absolute atomic E-state index is 1.01. The fraction of sp³-hybridized carbons (Fsp3) is 0.923. The van der Waals surface area contributed by atoms with E-state index in [-0.39, 0.29) is 0 Å². The van der Waals surface area contributed by atoms with Gasteiger partial charge in [0.1, 0.15) is 8.64 Å². The van der Waals surface area contributed by atoms with Gasteiger partial charge in [-0.3, -0.25) is 9.80 Å². The van der Waals surface area contributed by atoms with Crippen LogP contribution in [0.1, 0.15) is 90.9 Å². The van der Waals surface area contributed by atoms with Crippen molar-refractivity contribution < 1.29 is 0 Å². The molecule has 0 unspecified atom stereocenters. The highest BCUT2D eigenvalue weighted by Crippen LogP contribution is 2.29. The maximum atomic E-state index is 5.75. The summed E-state index contributed by atoms with van der Waals surface area (Å²) >= 11 is 11.5. The van der Waals surface area contributed by atoms with Crippen LogP contribution in [-0.4, -0.2) is 93.7 Å². The topological polar surface area (TPSA) is 13.0 Å². The molecule has 2 rings (SSSR count). The smallest absolute Gasteiger partial charge is 0.147 e. The fourth-order valence-electron chi connectivity index (χ4n) is 4.72. The van der Waals surface area contributed by atoms with Gasteiger partial charge < -0.3 is 9.80 Å². The summed E-state index contributed by atoms with van der Waals surface area (Å²) in [5.74, 6) is 0. The summed E-state index contributed by atoms with van der Waals surface area (Å²) in [4.78, 5) is 10.00. The third-order valence-corrected chi connectivity index (χ3v) is 10.8. The standard InChI is InChI=1S/C26H50N4S4/c1-3-5-7-9-11-13-15-27-17-21-29(22-18-27)25(31)33-34-26(32)30-23-19-28(20-24-30)16-14-12-10-8-6-4-2/h3-24H2,1-2H3.